The van der Waals surface area contributed by atoms with E-state index in [1.54, 1.807) is 0 Å². The number of rotatable bonds is 4. The first kappa shape index (κ1) is 11.8. The highest BCUT2D eigenvalue weighted by atomic mass is 14.8. The molecule has 0 bridgehead atoms. The van der Waals surface area contributed by atoms with Crippen LogP contribution in [0.3, 0.4) is 0 Å². The van der Waals surface area contributed by atoms with E-state index in [0.29, 0.717) is 5.92 Å². The van der Waals surface area contributed by atoms with E-state index in [2.05, 4.69) is 47.8 Å². The number of H-pyrrole nitrogens is 1. The van der Waals surface area contributed by atoms with Crippen LogP contribution >= 0.6 is 0 Å². The van der Waals surface area contributed by atoms with Crippen LogP contribution in [0.4, 0.5) is 0 Å². The highest BCUT2D eigenvalue weighted by Gasteiger charge is 2.27. The Morgan fingerprint density at radius 1 is 1.28 bits per heavy atom. The maximum atomic E-state index is 3.42. The molecule has 0 saturated heterocycles. The summed E-state index contributed by atoms with van der Waals surface area (Å²) in [4.78, 5) is 3.42. The molecular weight excluding hydrogens is 220 g/mol. The molecule has 2 heteroatoms. The van der Waals surface area contributed by atoms with Gasteiger partial charge in [0.1, 0.15) is 0 Å². The van der Waals surface area contributed by atoms with Crippen LogP contribution in [-0.2, 0) is 0 Å². The molecule has 1 aromatic carbocycles. The van der Waals surface area contributed by atoms with Crippen molar-refractivity contribution in [2.24, 2.45) is 5.92 Å². The molecule has 2 aromatic rings. The molecule has 2 N–H and O–H groups in total. The lowest BCUT2D eigenvalue weighted by Crippen LogP contribution is -2.22. The van der Waals surface area contributed by atoms with Gasteiger partial charge in [0.15, 0.2) is 0 Å². The molecule has 0 amide bonds. The number of para-hydroxylation sites is 1. The minimum atomic E-state index is 0.661. The van der Waals surface area contributed by atoms with Crippen molar-refractivity contribution in [3.05, 3.63) is 36.0 Å². The van der Waals surface area contributed by atoms with Gasteiger partial charge in [-0.15, -0.1) is 0 Å². The monoisotopic (exact) mass is 242 g/mol. The van der Waals surface area contributed by atoms with Crippen molar-refractivity contribution in [3.8, 4) is 0 Å². The average Bonchev–Trinajstić information content (AvgIpc) is 3.06. The molecular formula is C16H22N2. The van der Waals surface area contributed by atoms with Crippen LogP contribution < -0.4 is 5.32 Å². The Hall–Kier alpha value is -1.28. The second kappa shape index (κ2) is 5.15. The fourth-order valence-corrected chi connectivity index (χ4v) is 3.51. The maximum absolute atomic E-state index is 3.42. The van der Waals surface area contributed by atoms with Crippen LogP contribution in [0.25, 0.3) is 10.9 Å². The minimum Gasteiger partial charge on any atom is -0.361 e. The van der Waals surface area contributed by atoms with E-state index in [0.717, 1.165) is 12.5 Å². The lowest BCUT2D eigenvalue weighted by Gasteiger charge is -2.23. The van der Waals surface area contributed by atoms with Crippen molar-refractivity contribution in [3.63, 3.8) is 0 Å². The number of hydrogen-bond acceptors (Lipinski definition) is 1. The molecule has 1 aliphatic rings. The zero-order chi connectivity index (χ0) is 12.4. The number of nitrogens with one attached hydrogen (secondary N) is 2. The summed E-state index contributed by atoms with van der Waals surface area (Å²) >= 11 is 0. The number of likely N-dealkylation sites (N-methyl/N-ethyl adjacent to an activating group) is 1. The number of hydrogen-bond donors (Lipinski definition) is 2. The molecule has 0 radical (unpaired) electrons. The summed E-state index contributed by atoms with van der Waals surface area (Å²) in [6, 6.07) is 8.67. The summed E-state index contributed by atoms with van der Waals surface area (Å²) in [6.45, 7) is 1.09. The van der Waals surface area contributed by atoms with Crippen LogP contribution in [-0.4, -0.2) is 18.6 Å². The van der Waals surface area contributed by atoms with Gasteiger partial charge in [-0.25, -0.2) is 0 Å². The maximum Gasteiger partial charge on any atom is 0.0456 e. The van der Waals surface area contributed by atoms with Crippen molar-refractivity contribution < 1.29 is 0 Å². The van der Waals surface area contributed by atoms with Crippen molar-refractivity contribution in [1.29, 1.82) is 0 Å². The Bertz CT molecular complexity index is 509. The largest absolute Gasteiger partial charge is 0.361 e. The molecule has 18 heavy (non-hydrogen) atoms. The Morgan fingerprint density at radius 3 is 2.83 bits per heavy atom. The fraction of sp³-hybridized carbons (Fsp3) is 0.500. The second-order valence-electron chi connectivity index (χ2n) is 5.50. The van der Waals surface area contributed by atoms with Gasteiger partial charge in [0.2, 0.25) is 0 Å². The number of benzene rings is 1. The Labute approximate surface area is 109 Å². The first-order chi connectivity index (χ1) is 8.90. The fourth-order valence-electron chi connectivity index (χ4n) is 3.51. The topological polar surface area (TPSA) is 27.8 Å². The molecule has 0 spiro atoms. The van der Waals surface area contributed by atoms with E-state index >= 15 is 0 Å². The summed E-state index contributed by atoms with van der Waals surface area (Å²) in [5.74, 6) is 1.52. The van der Waals surface area contributed by atoms with Crippen molar-refractivity contribution >= 4 is 10.9 Å². The third-order valence-corrected chi connectivity index (χ3v) is 4.41. The molecule has 1 atom stereocenters. The predicted octanol–water partition coefficient (Wildman–Crippen LogP) is 3.66. The van der Waals surface area contributed by atoms with Crippen LogP contribution in [0, 0.1) is 5.92 Å². The number of fused-ring (bicyclic) bond motifs is 1. The zero-order valence-corrected chi connectivity index (χ0v) is 11.1. The van der Waals surface area contributed by atoms with Gasteiger partial charge in [0.05, 0.1) is 0 Å². The summed E-state index contributed by atoms with van der Waals surface area (Å²) in [5, 5.41) is 4.79. The first-order valence-corrected chi connectivity index (χ1v) is 7.11. The summed E-state index contributed by atoms with van der Waals surface area (Å²) in [7, 11) is 2.07. The first-order valence-electron chi connectivity index (χ1n) is 7.11. The third-order valence-electron chi connectivity index (χ3n) is 4.41. The van der Waals surface area contributed by atoms with Gasteiger partial charge in [-0.3, -0.25) is 0 Å². The quantitative estimate of drug-likeness (QED) is 0.841. The summed E-state index contributed by atoms with van der Waals surface area (Å²) < 4.78 is 0. The zero-order valence-electron chi connectivity index (χ0n) is 11.1. The SMILES string of the molecule is CNCC(c1c[nH]c2ccccc12)C1CCCC1. The van der Waals surface area contributed by atoms with E-state index in [4.69, 9.17) is 0 Å². The minimum absolute atomic E-state index is 0.661. The van der Waals surface area contributed by atoms with Crippen LogP contribution in [0.15, 0.2) is 30.5 Å². The van der Waals surface area contributed by atoms with E-state index < -0.39 is 0 Å². The van der Waals surface area contributed by atoms with Crippen LogP contribution in [0.2, 0.25) is 0 Å². The van der Waals surface area contributed by atoms with E-state index in [1.807, 2.05) is 0 Å². The standard InChI is InChI=1S/C16H22N2/c1-17-10-14(12-6-2-3-7-12)15-11-18-16-9-5-4-8-13(15)16/h4-5,8-9,11-12,14,17-18H,2-3,6-7,10H2,1H3. The molecule has 0 aliphatic heterocycles. The molecule has 2 nitrogen and oxygen atoms in total. The molecule has 1 saturated carbocycles. The van der Waals surface area contributed by atoms with Crippen LogP contribution in [0.1, 0.15) is 37.2 Å². The average molecular weight is 242 g/mol. The van der Waals surface area contributed by atoms with Gasteiger partial charge in [-0.1, -0.05) is 31.0 Å². The van der Waals surface area contributed by atoms with Gasteiger partial charge < -0.3 is 10.3 Å². The van der Waals surface area contributed by atoms with E-state index in [9.17, 15) is 0 Å². The lowest BCUT2D eigenvalue weighted by atomic mass is 9.84. The Kier molecular flexibility index (Phi) is 3.37. The molecule has 1 heterocycles. The molecule has 1 aliphatic carbocycles. The predicted molar refractivity (Wildman–Crippen MR) is 76.9 cm³/mol. The number of aromatic nitrogens is 1. The van der Waals surface area contributed by atoms with E-state index in [1.165, 1.54) is 42.1 Å². The highest BCUT2D eigenvalue weighted by Crippen LogP contribution is 2.39. The Morgan fingerprint density at radius 2 is 2.06 bits per heavy atom. The highest BCUT2D eigenvalue weighted by molar-refractivity contribution is 5.83. The molecule has 3 rings (SSSR count). The van der Waals surface area contributed by atoms with Gasteiger partial charge in [0.25, 0.3) is 0 Å². The van der Waals surface area contributed by atoms with Gasteiger partial charge in [-0.2, -0.15) is 0 Å². The molecule has 1 aromatic heterocycles. The second-order valence-corrected chi connectivity index (χ2v) is 5.50. The summed E-state index contributed by atoms with van der Waals surface area (Å²) in [6.07, 6.45) is 7.84. The van der Waals surface area contributed by atoms with Crippen molar-refractivity contribution in [2.75, 3.05) is 13.6 Å². The van der Waals surface area contributed by atoms with Crippen molar-refractivity contribution in [1.82, 2.24) is 10.3 Å². The van der Waals surface area contributed by atoms with Gasteiger partial charge in [0, 0.05) is 29.6 Å². The van der Waals surface area contributed by atoms with E-state index in [-0.39, 0.29) is 0 Å². The summed E-state index contributed by atoms with van der Waals surface area (Å²) in [5.41, 5.74) is 2.78. The molecule has 1 unspecified atom stereocenters. The van der Waals surface area contributed by atoms with Gasteiger partial charge >= 0.3 is 0 Å². The molecule has 1 fully saturated rings. The van der Waals surface area contributed by atoms with Crippen molar-refractivity contribution in [2.45, 2.75) is 31.6 Å². The normalized spacial score (nSPS) is 18.5. The smallest absolute Gasteiger partial charge is 0.0456 e. The third kappa shape index (κ3) is 2.05. The molecule has 96 valence electrons. The Balaban J connectivity index is 1.98. The number of aromatic amines is 1. The van der Waals surface area contributed by atoms with Gasteiger partial charge in [-0.05, 0) is 37.4 Å². The van der Waals surface area contributed by atoms with Crippen LogP contribution in [0.5, 0.6) is 0 Å². The lowest BCUT2D eigenvalue weighted by molar-refractivity contribution is 0.423.